The van der Waals surface area contributed by atoms with Gasteiger partial charge in [0.1, 0.15) is 11.6 Å². The van der Waals surface area contributed by atoms with Crippen LogP contribution in [-0.2, 0) is 14.3 Å². The lowest BCUT2D eigenvalue weighted by Crippen LogP contribution is -2.49. The number of rotatable bonds is 9. The summed E-state index contributed by atoms with van der Waals surface area (Å²) < 4.78 is 11.1. The highest BCUT2D eigenvalue weighted by Crippen LogP contribution is 2.26. The number of methoxy groups -OCH3 is 1. The van der Waals surface area contributed by atoms with E-state index in [2.05, 4.69) is 34.5 Å². The zero-order valence-corrected chi connectivity index (χ0v) is 21.1. The summed E-state index contributed by atoms with van der Waals surface area (Å²) in [4.78, 5) is 15.3. The predicted octanol–water partition coefficient (Wildman–Crippen LogP) is 5.07. The summed E-state index contributed by atoms with van der Waals surface area (Å²) in [5.74, 6) is -0.416. The average molecular weight is 464 g/mol. The van der Waals surface area contributed by atoms with Crippen LogP contribution in [-0.4, -0.2) is 50.5 Å². The van der Waals surface area contributed by atoms with E-state index < -0.39 is 17.0 Å². The summed E-state index contributed by atoms with van der Waals surface area (Å²) >= 11 is 0. The van der Waals surface area contributed by atoms with E-state index in [1.54, 1.807) is 13.2 Å². The molecule has 0 radical (unpaired) electrons. The van der Waals surface area contributed by atoms with Gasteiger partial charge in [-0.2, -0.15) is 5.26 Å². The number of nitriles is 1. The minimum Gasteiger partial charge on any atom is -0.382 e. The Hall–Kier alpha value is -2.88. The normalized spacial score (nSPS) is 15.3. The van der Waals surface area contributed by atoms with Gasteiger partial charge in [-0.25, -0.2) is 0 Å². The molecule has 1 heterocycles. The maximum atomic E-state index is 12.8. The maximum absolute atomic E-state index is 12.8. The topological polar surface area (TPSA) is 74.6 Å². The molecular formula is C28H37N3O3. The molecule has 34 heavy (non-hydrogen) atoms. The Balaban J connectivity index is 1.71. The Morgan fingerprint density at radius 3 is 2.41 bits per heavy atom. The van der Waals surface area contributed by atoms with Gasteiger partial charge in [-0.05, 0) is 87.6 Å². The highest BCUT2D eigenvalue weighted by molar-refractivity contribution is 6.02. The third-order valence-corrected chi connectivity index (χ3v) is 6.01. The Morgan fingerprint density at radius 1 is 1.06 bits per heavy atom. The molecule has 1 fully saturated rings. The van der Waals surface area contributed by atoms with Gasteiger partial charge in [0, 0.05) is 25.9 Å². The second-order valence-corrected chi connectivity index (χ2v) is 10.3. The molecule has 0 aliphatic carbocycles. The average Bonchev–Trinajstić information content (AvgIpc) is 2.81. The van der Waals surface area contributed by atoms with Gasteiger partial charge in [-0.3, -0.25) is 4.79 Å². The third-order valence-electron chi connectivity index (χ3n) is 6.01. The van der Waals surface area contributed by atoms with Crippen LogP contribution >= 0.6 is 0 Å². The van der Waals surface area contributed by atoms with Gasteiger partial charge in [0.15, 0.2) is 0 Å². The SMILES string of the molecule is COCC(C)(C)OCC(C)(C)NC(=O)/C(C#N)=C/c1ccc2cc(N3CCCCC3)ccc2c1. The molecule has 1 aliphatic heterocycles. The van der Waals surface area contributed by atoms with Crippen molar-refractivity contribution in [2.75, 3.05) is 38.3 Å². The van der Waals surface area contributed by atoms with E-state index in [1.807, 2.05) is 45.9 Å². The second-order valence-electron chi connectivity index (χ2n) is 10.3. The highest BCUT2D eigenvalue weighted by Gasteiger charge is 2.27. The molecule has 6 heteroatoms. The number of fused-ring (bicyclic) bond motifs is 1. The Morgan fingerprint density at radius 2 is 1.74 bits per heavy atom. The molecule has 0 bridgehead atoms. The minimum absolute atomic E-state index is 0.0634. The molecule has 2 aromatic rings. The van der Waals surface area contributed by atoms with Crippen molar-refractivity contribution in [3.05, 3.63) is 47.5 Å². The standard InChI is InChI=1S/C28H37N3O3/c1-27(2,19-34-28(3,4)20-33-5)30-26(32)24(18-29)16-21-9-10-23-17-25(12-11-22(23)15-21)31-13-7-6-8-14-31/h9-12,15-17H,6-8,13-14,19-20H2,1-5H3,(H,30,32)/b24-16+. The van der Waals surface area contributed by atoms with Crippen molar-refractivity contribution < 1.29 is 14.3 Å². The van der Waals surface area contributed by atoms with E-state index in [4.69, 9.17) is 9.47 Å². The molecular weight excluding hydrogens is 426 g/mol. The molecule has 0 unspecified atom stereocenters. The van der Waals surface area contributed by atoms with Crippen molar-refractivity contribution in [3.63, 3.8) is 0 Å². The van der Waals surface area contributed by atoms with Crippen molar-refractivity contribution in [2.45, 2.75) is 58.1 Å². The molecule has 0 saturated carbocycles. The Labute approximate surface area is 203 Å². The smallest absolute Gasteiger partial charge is 0.262 e. The van der Waals surface area contributed by atoms with Crippen molar-refractivity contribution in [3.8, 4) is 6.07 Å². The molecule has 1 aliphatic rings. The van der Waals surface area contributed by atoms with E-state index in [-0.39, 0.29) is 5.57 Å². The van der Waals surface area contributed by atoms with Gasteiger partial charge in [-0.15, -0.1) is 0 Å². The number of hydrogen-bond donors (Lipinski definition) is 1. The molecule has 182 valence electrons. The fraction of sp³-hybridized carbons (Fsp3) is 0.500. The van der Waals surface area contributed by atoms with Crippen molar-refractivity contribution in [1.82, 2.24) is 5.32 Å². The second kappa shape index (κ2) is 11.0. The lowest BCUT2D eigenvalue weighted by Gasteiger charge is -2.32. The number of piperidine rings is 1. The highest BCUT2D eigenvalue weighted by atomic mass is 16.5. The van der Waals surface area contributed by atoms with Crippen molar-refractivity contribution >= 4 is 28.4 Å². The zero-order chi connectivity index (χ0) is 24.8. The molecule has 0 aromatic heterocycles. The van der Waals surface area contributed by atoms with Crippen LogP contribution < -0.4 is 10.2 Å². The monoisotopic (exact) mass is 463 g/mol. The van der Waals surface area contributed by atoms with Crippen LogP contribution in [0.2, 0.25) is 0 Å². The molecule has 6 nitrogen and oxygen atoms in total. The van der Waals surface area contributed by atoms with Crippen LogP contribution in [0.1, 0.15) is 52.5 Å². The first kappa shape index (κ1) is 25.7. The van der Waals surface area contributed by atoms with E-state index in [1.165, 1.54) is 24.9 Å². The van der Waals surface area contributed by atoms with E-state index in [0.717, 1.165) is 29.4 Å². The van der Waals surface area contributed by atoms with Gasteiger partial charge in [-0.1, -0.05) is 18.2 Å². The summed E-state index contributed by atoms with van der Waals surface area (Å²) in [5, 5.41) is 14.8. The lowest BCUT2D eigenvalue weighted by molar-refractivity contribution is -0.121. The summed E-state index contributed by atoms with van der Waals surface area (Å²) in [5.41, 5.74) is 1.02. The van der Waals surface area contributed by atoms with Crippen molar-refractivity contribution in [2.24, 2.45) is 0 Å². The number of hydrogen-bond acceptors (Lipinski definition) is 5. The van der Waals surface area contributed by atoms with Crippen LogP contribution in [0.4, 0.5) is 5.69 Å². The predicted molar refractivity (Wildman–Crippen MR) is 138 cm³/mol. The quantitative estimate of drug-likeness (QED) is 0.415. The number of amides is 1. The summed E-state index contributed by atoms with van der Waals surface area (Å²) in [6, 6.07) is 14.6. The van der Waals surface area contributed by atoms with Crippen LogP contribution in [0, 0.1) is 11.3 Å². The minimum atomic E-state index is -0.647. The van der Waals surface area contributed by atoms with Gasteiger partial charge in [0.2, 0.25) is 0 Å². The first-order chi connectivity index (χ1) is 16.1. The first-order valence-electron chi connectivity index (χ1n) is 12.0. The van der Waals surface area contributed by atoms with Crippen LogP contribution in [0.5, 0.6) is 0 Å². The number of nitrogens with one attached hydrogen (secondary N) is 1. The van der Waals surface area contributed by atoms with Gasteiger partial charge < -0.3 is 19.7 Å². The van der Waals surface area contributed by atoms with E-state index in [9.17, 15) is 10.1 Å². The van der Waals surface area contributed by atoms with Gasteiger partial charge in [0.25, 0.3) is 5.91 Å². The molecule has 2 aromatic carbocycles. The maximum Gasteiger partial charge on any atom is 0.262 e. The van der Waals surface area contributed by atoms with Crippen LogP contribution in [0.25, 0.3) is 16.8 Å². The molecule has 1 saturated heterocycles. The number of nitrogens with zero attached hydrogens (tertiary/aromatic N) is 2. The Bertz CT molecular complexity index is 1080. The van der Waals surface area contributed by atoms with Gasteiger partial charge >= 0.3 is 0 Å². The van der Waals surface area contributed by atoms with E-state index >= 15 is 0 Å². The third kappa shape index (κ3) is 7.06. The molecule has 3 rings (SSSR count). The molecule has 1 amide bonds. The summed E-state index contributed by atoms with van der Waals surface area (Å²) in [7, 11) is 1.63. The molecule has 0 atom stereocenters. The summed E-state index contributed by atoms with van der Waals surface area (Å²) in [6.07, 6.45) is 5.44. The largest absolute Gasteiger partial charge is 0.382 e. The number of carbonyl (C=O) groups is 1. The number of carbonyl (C=O) groups excluding carboxylic acids is 1. The molecule has 1 N–H and O–H groups in total. The van der Waals surface area contributed by atoms with Crippen molar-refractivity contribution in [1.29, 1.82) is 5.26 Å². The lowest BCUT2D eigenvalue weighted by atomic mass is 10.0. The summed E-state index contributed by atoms with van der Waals surface area (Å²) in [6.45, 7) is 10.6. The number of ether oxygens (including phenoxy) is 2. The molecule has 0 spiro atoms. The van der Waals surface area contributed by atoms with E-state index in [0.29, 0.717) is 13.2 Å². The first-order valence-corrected chi connectivity index (χ1v) is 12.0. The number of anilines is 1. The van der Waals surface area contributed by atoms with Gasteiger partial charge in [0.05, 0.1) is 24.4 Å². The number of benzene rings is 2. The fourth-order valence-electron chi connectivity index (χ4n) is 4.18. The fourth-order valence-corrected chi connectivity index (χ4v) is 4.18. The van der Waals surface area contributed by atoms with Crippen LogP contribution in [0.15, 0.2) is 42.0 Å². The zero-order valence-electron chi connectivity index (χ0n) is 21.1. The van der Waals surface area contributed by atoms with Crippen LogP contribution in [0.3, 0.4) is 0 Å². The Kier molecular flexibility index (Phi) is 8.35.